The van der Waals surface area contributed by atoms with E-state index in [4.69, 9.17) is 0 Å². The maximum atomic E-state index is 4.20. The van der Waals surface area contributed by atoms with Crippen molar-refractivity contribution in [2.45, 2.75) is 24.4 Å². The zero-order valence-electron chi connectivity index (χ0n) is 10.8. The average molecular weight is 261 g/mol. The van der Waals surface area contributed by atoms with Gasteiger partial charge >= 0.3 is 0 Å². The van der Waals surface area contributed by atoms with Crippen molar-refractivity contribution in [3.05, 3.63) is 48.3 Å². The Bertz CT molecular complexity index is 468. The van der Waals surface area contributed by atoms with Gasteiger partial charge in [0.1, 0.15) is 0 Å². The second-order valence-electron chi connectivity index (χ2n) is 4.20. The van der Waals surface area contributed by atoms with Crippen LogP contribution in [0.25, 0.3) is 0 Å². The van der Waals surface area contributed by atoms with E-state index in [1.165, 1.54) is 10.5 Å². The Morgan fingerprint density at radius 3 is 3.00 bits per heavy atom. The minimum Gasteiger partial charge on any atom is -0.313 e. The van der Waals surface area contributed by atoms with Crippen LogP contribution in [0.15, 0.2) is 47.6 Å². The Morgan fingerprint density at radius 2 is 2.28 bits per heavy atom. The van der Waals surface area contributed by atoms with Crippen molar-refractivity contribution < 1.29 is 0 Å². The Labute approximate surface area is 113 Å². The zero-order valence-corrected chi connectivity index (χ0v) is 11.7. The summed E-state index contributed by atoms with van der Waals surface area (Å²) < 4.78 is 1.97. The fraction of sp³-hybridized carbons (Fsp3) is 0.357. The summed E-state index contributed by atoms with van der Waals surface area (Å²) in [7, 11) is 1.99. The van der Waals surface area contributed by atoms with Gasteiger partial charge in [0, 0.05) is 29.1 Å². The maximum absolute atomic E-state index is 4.20. The van der Waals surface area contributed by atoms with Gasteiger partial charge in [0.25, 0.3) is 0 Å². The molecule has 1 aromatic heterocycles. The number of aryl methyl sites for hydroxylation is 1. The first-order valence-electron chi connectivity index (χ1n) is 6.17. The molecule has 0 radical (unpaired) electrons. The molecule has 0 amide bonds. The largest absolute Gasteiger partial charge is 0.313 e. The third-order valence-corrected chi connectivity index (χ3v) is 3.91. The molecule has 1 N–H and O–H groups in total. The molecule has 0 spiro atoms. The first-order chi connectivity index (χ1) is 8.79. The molecule has 0 bridgehead atoms. The number of rotatable bonds is 6. The molecule has 1 atom stereocenters. The SMILES string of the molecule is CNC(C)c1cccc(SCCn2cccn2)c1. The standard InChI is InChI=1S/C14H19N3S/c1-12(15-2)13-5-3-6-14(11-13)18-10-9-17-8-4-7-16-17/h3-8,11-12,15H,9-10H2,1-2H3. The topological polar surface area (TPSA) is 29.9 Å². The number of nitrogens with one attached hydrogen (secondary N) is 1. The van der Waals surface area contributed by atoms with Crippen LogP contribution in [0.5, 0.6) is 0 Å². The third kappa shape index (κ3) is 3.62. The number of aromatic nitrogens is 2. The van der Waals surface area contributed by atoms with Gasteiger partial charge in [-0.15, -0.1) is 11.8 Å². The lowest BCUT2D eigenvalue weighted by Gasteiger charge is -2.11. The molecule has 0 aliphatic carbocycles. The van der Waals surface area contributed by atoms with E-state index in [1.54, 1.807) is 0 Å². The van der Waals surface area contributed by atoms with Crippen LogP contribution in [-0.4, -0.2) is 22.6 Å². The molecule has 1 unspecified atom stereocenters. The molecule has 0 saturated heterocycles. The highest BCUT2D eigenvalue weighted by atomic mass is 32.2. The average Bonchev–Trinajstić information content (AvgIpc) is 2.91. The van der Waals surface area contributed by atoms with Crippen LogP contribution in [0, 0.1) is 0 Å². The van der Waals surface area contributed by atoms with E-state index >= 15 is 0 Å². The molecule has 18 heavy (non-hydrogen) atoms. The summed E-state index contributed by atoms with van der Waals surface area (Å²) in [6.07, 6.45) is 3.82. The second kappa shape index (κ2) is 6.61. The number of benzene rings is 1. The smallest absolute Gasteiger partial charge is 0.0503 e. The minimum absolute atomic E-state index is 0.400. The van der Waals surface area contributed by atoms with E-state index in [0.717, 1.165) is 12.3 Å². The highest BCUT2D eigenvalue weighted by molar-refractivity contribution is 7.99. The summed E-state index contributed by atoms with van der Waals surface area (Å²) in [6, 6.07) is 11.1. The van der Waals surface area contributed by atoms with Crippen molar-refractivity contribution in [1.82, 2.24) is 15.1 Å². The molecule has 0 fully saturated rings. The van der Waals surface area contributed by atoms with Crippen LogP contribution in [-0.2, 0) is 6.54 Å². The van der Waals surface area contributed by atoms with Gasteiger partial charge in [-0.1, -0.05) is 12.1 Å². The highest BCUT2D eigenvalue weighted by Crippen LogP contribution is 2.22. The Hall–Kier alpha value is -1.26. The highest BCUT2D eigenvalue weighted by Gasteiger charge is 2.03. The number of thioether (sulfide) groups is 1. The normalized spacial score (nSPS) is 12.6. The van der Waals surface area contributed by atoms with E-state index in [1.807, 2.05) is 42.0 Å². The van der Waals surface area contributed by atoms with Gasteiger partial charge in [0.2, 0.25) is 0 Å². The molecule has 96 valence electrons. The second-order valence-corrected chi connectivity index (χ2v) is 5.37. The van der Waals surface area contributed by atoms with Crippen LogP contribution < -0.4 is 5.32 Å². The van der Waals surface area contributed by atoms with Crippen molar-refractivity contribution in [2.24, 2.45) is 0 Å². The monoisotopic (exact) mass is 261 g/mol. The van der Waals surface area contributed by atoms with Gasteiger partial charge < -0.3 is 5.32 Å². The molecule has 2 rings (SSSR count). The van der Waals surface area contributed by atoms with Crippen LogP contribution in [0.2, 0.25) is 0 Å². The van der Waals surface area contributed by atoms with Crippen LogP contribution >= 0.6 is 11.8 Å². The lowest BCUT2D eigenvalue weighted by molar-refractivity contribution is 0.650. The van der Waals surface area contributed by atoms with E-state index in [0.29, 0.717) is 6.04 Å². The number of nitrogens with zero attached hydrogens (tertiary/aromatic N) is 2. The summed E-state index contributed by atoms with van der Waals surface area (Å²) in [6.45, 7) is 3.12. The van der Waals surface area contributed by atoms with Crippen molar-refractivity contribution in [3.63, 3.8) is 0 Å². The molecule has 2 aromatic rings. The summed E-state index contributed by atoms with van der Waals surface area (Å²) in [5.74, 6) is 1.04. The lowest BCUT2D eigenvalue weighted by Crippen LogP contribution is -2.12. The van der Waals surface area contributed by atoms with Gasteiger partial charge in [-0.25, -0.2) is 0 Å². The molecule has 1 heterocycles. The van der Waals surface area contributed by atoms with Crippen molar-refractivity contribution in [2.75, 3.05) is 12.8 Å². The molecular weight excluding hydrogens is 242 g/mol. The lowest BCUT2D eigenvalue weighted by atomic mass is 10.1. The van der Waals surface area contributed by atoms with Gasteiger partial charge in [0.05, 0.1) is 6.54 Å². The van der Waals surface area contributed by atoms with Crippen LogP contribution in [0.3, 0.4) is 0 Å². The molecular formula is C14H19N3S. The fourth-order valence-corrected chi connectivity index (χ4v) is 2.64. The maximum Gasteiger partial charge on any atom is 0.0503 e. The molecule has 0 saturated carbocycles. The Balaban J connectivity index is 1.89. The summed E-state index contributed by atoms with van der Waals surface area (Å²) in [5, 5.41) is 7.46. The van der Waals surface area contributed by atoms with Crippen molar-refractivity contribution >= 4 is 11.8 Å². The quantitative estimate of drug-likeness (QED) is 0.811. The van der Waals surface area contributed by atoms with Crippen LogP contribution in [0.4, 0.5) is 0 Å². The van der Waals surface area contributed by atoms with E-state index < -0.39 is 0 Å². The number of hydrogen-bond donors (Lipinski definition) is 1. The first-order valence-corrected chi connectivity index (χ1v) is 7.15. The third-order valence-electron chi connectivity index (χ3n) is 2.94. The molecule has 3 nitrogen and oxygen atoms in total. The molecule has 0 aliphatic rings. The van der Waals surface area contributed by atoms with Gasteiger partial charge in [0.15, 0.2) is 0 Å². The van der Waals surface area contributed by atoms with Crippen molar-refractivity contribution in [1.29, 1.82) is 0 Å². The van der Waals surface area contributed by atoms with Crippen LogP contribution in [0.1, 0.15) is 18.5 Å². The molecule has 1 aromatic carbocycles. The zero-order chi connectivity index (χ0) is 12.8. The van der Waals surface area contributed by atoms with Gasteiger partial charge in [-0.2, -0.15) is 5.10 Å². The molecule has 0 aliphatic heterocycles. The Morgan fingerprint density at radius 1 is 1.39 bits per heavy atom. The fourth-order valence-electron chi connectivity index (χ4n) is 1.73. The van der Waals surface area contributed by atoms with Crippen molar-refractivity contribution in [3.8, 4) is 0 Å². The number of hydrogen-bond acceptors (Lipinski definition) is 3. The van der Waals surface area contributed by atoms with Gasteiger partial charge in [-0.3, -0.25) is 4.68 Å². The van der Waals surface area contributed by atoms with E-state index in [2.05, 4.69) is 41.6 Å². The summed E-state index contributed by atoms with van der Waals surface area (Å²) in [4.78, 5) is 1.32. The van der Waals surface area contributed by atoms with E-state index in [9.17, 15) is 0 Å². The predicted molar refractivity (Wildman–Crippen MR) is 76.9 cm³/mol. The first kappa shape index (κ1) is 13.2. The molecule has 4 heteroatoms. The summed E-state index contributed by atoms with van der Waals surface area (Å²) in [5.41, 5.74) is 1.33. The minimum atomic E-state index is 0.400. The van der Waals surface area contributed by atoms with E-state index in [-0.39, 0.29) is 0 Å². The predicted octanol–water partition coefficient (Wildman–Crippen LogP) is 2.96. The Kier molecular flexibility index (Phi) is 4.84. The van der Waals surface area contributed by atoms with Gasteiger partial charge in [-0.05, 0) is 37.7 Å². The summed E-state index contributed by atoms with van der Waals surface area (Å²) >= 11 is 1.87.